The maximum Gasteiger partial charge on any atom is 0.413 e. The fourth-order valence-corrected chi connectivity index (χ4v) is 2.31. The molecule has 1 aliphatic rings. The molecule has 0 spiro atoms. The molecule has 0 aromatic rings. The average Bonchev–Trinajstić information content (AvgIpc) is 2.43. The molecule has 8 heteroatoms. The van der Waals surface area contributed by atoms with E-state index in [1.165, 1.54) is 11.8 Å². The highest BCUT2D eigenvalue weighted by Gasteiger charge is 2.34. The molecule has 1 aliphatic heterocycles. The number of ether oxygens (including phenoxy) is 3. The summed E-state index contributed by atoms with van der Waals surface area (Å²) in [6, 6.07) is -0.000687. The summed E-state index contributed by atoms with van der Waals surface area (Å²) in [5, 5.41) is 0. The van der Waals surface area contributed by atoms with Crippen LogP contribution in [0.3, 0.4) is 0 Å². The van der Waals surface area contributed by atoms with Crippen LogP contribution in [-0.2, 0) is 19.0 Å². The van der Waals surface area contributed by atoms with E-state index in [4.69, 9.17) is 25.8 Å². The van der Waals surface area contributed by atoms with E-state index in [-0.39, 0.29) is 18.8 Å². The number of esters is 1. The Labute approximate surface area is 128 Å². The third-order valence-corrected chi connectivity index (χ3v) is 3.25. The van der Waals surface area contributed by atoms with Gasteiger partial charge < -0.3 is 14.2 Å². The normalized spacial score (nSPS) is 25.2. The summed E-state index contributed by atoms with van der Waals surface area (Å²) in [5.74, 6) is -0.460. The van der Waals surface area contributed by atoms with Gasteiger partial charge >= 0.3 is 12.1 Å². The number of alkyl halides is 2. The highest BCUT2D eigenvalue weighted by molar-refractivity contribution is 6.18. The van der Waals surface area contributed by atoms with Gasteiger partial charge in [-0.25, -0.2) is 9.18 Å². The predicted molar refractivity (Wildman–Crippen MR) is 73.6 cm³/mol. The Kier molecular flexibility index (Phi) is 7.74. The van der Waals surface area contributed by atoms with Crippen molar-refractivity contribution in [2.45, 2.75) is 51.6 Å². The first-order valence-corrected chi connectivity index (χ1v) is 7.43. The second-order valence-corrected chi connectivity index (χ2v) is 5.05. The lowest BCUT2D eigenvalue weighted by atomic mass is 10.1. The van der Waals surface area contributed by atoms with E-state index in [2.05, 4.69) is 0 Å². The van der Waals surface area contributed by atoms with Gasteiger partial charge in [0.2, 0.25) is 6.29 Å². The second kappa shape index (κ2) is 9.04. The Morgan fingerprint density at radius 3 is 2.62 bits per heavy atom. The van der Waals surface area contributed by atoms with Crippen LogP contribution in [0, 0.1) is 0 Å². The first-order chi connectivity index (χ1) is 9.99. The molecule has 1 amide bonds. The summed E-state index contributed by atoms with van der Waals surface area (Å²) in [5.41, 5.74) is 0. The van der Waals surface area contributed by atoms with Crippen LogP contribution < -0.4 is 0 Å². The van der Waals surface area contributed by atoms with E-state index in [0.717, 1.165) is 6.42 Å². The molecule has 1 fully saturated rings. The summed E-state index contributed by atoms with van der Waals surface area (Å²) in [4.78, 5) is 24.2. The zero-order valence-corrected chi connectivity index (χ0v) is 13.0. The molecule has 0 aromatic carbocycles. The van der Waals surface area contributed by atoms with Crippen molar-refractivity contribution in [2.24, 2.45) is 0 Å². The van der Waals surface area contributed by atoms with Gasteiger partial charge in [0.05, 0.1) is 12.1 Å². The van der Waals surface area contributed by atoms with E-state index in [0.29, 0.717) is 6.54 Å². The topological polar surface area (TPSA) is 65.1 Å². The van der Waals surface area contributed by atoms with E-state index >= 15 is 0 Å². The number of hydrogen-bond donors (Lipinski definition) is 0. The van der Waals surface area contributed by atoms with Crippen molar-refractivity contribution in [2.75, 3.05) is 19.2 Å². The number of rotatable bonds is 6. The van der Waals surface area contributed by atoms with Crippen LogP contribution in [0.25, 0.3) is 0 Å². The monoisotopic (exact) mass is 325 g/mol. The Bertz CT molecular complexity index is 357. The van der Waals surface area contributed by atoms with E-state index in [1.54, 1.807) is 0 Å². The average molecular weight is 326 g/mol. The molecule has 0 aliphatic carbocycles. The Morgan fingerprint density at radius 2 is 2.10 bits per heavy atom. The first kappa shape index (κ1) is 18.0. The van der Waals surface area contributed by atoms with Crippen molar-refractivity contribution in [3.63, 3.8) is 0 Å². The molecule has 1 rings (SSSR count). The van der Waals surface area contributed by atoms with Crippen LogP contribution in [-0.4, -0.2) is 54.7 Å². The van der Waals surface area contributed by atoms with Gasteiger partial charge in [-0.1, -0.05) is 6.92 Å². The fourth-order valence-electron chi connectivity index (χ4n) is 2.09. The zero-order valence-electron chi connectivity index (χ0n) is 12.2. The molecule has 0 bridgehead atoms. The van der Waals surface area contributed by atoms with E-state index < -0.39 is 37.2 Å². The molecular weight excluding hydrogens is 305 g/mol. The first-order valence-electron chi connectivity index (χ1n) is 6.90. The van der Waals surface area contributed by atoms with Crippen molar-refractivity contribution in [1.82, 2.24) is 4.90 Å². The van der Waals surface area contributed by atoms with E-state index in [9.17, 15) is 14.0 Å². The lowest BCUT2D eigenvalue weighted by Crippen LogP contribution is -2.43. The van der Waals surface area contributed by atoms with Gasteiger partial charge in [0, 0.05) is 26.3 Å². The van der Waals surface area contributed by atoms with Crippen LogP contribution in [0.1, 0.15) is 33.1 Å². The molecule has 0 radical (unpaired) electrons. The summed E-state index contributed by atoms with van der Waals surface area (Å²) >= 11 is 5.67. The summed E-state index contributed by atoms with van der Waals surface area (Å²) in [7, 11) is 0. The van der Waals surface area contributed by atoms with Gasteiger partial charge in [-0.3, -0.25) is 9.69 Å². The van der Waals surface area contributed by atoms with Gasteiger partial charge in [0.15, 0.2) is 0 Å². The Balaban J connectivity index is 2.59. The summed E-state index contributed by atoms with van der Waals surface area (Å²) in [6.45, 7) is 2.90. The minimum atomic E-state index is -0.945. The molecule has 0 aromatic heterocycles. The molecule has 0 N–H and O–H groups in total. The number of amides is 1. The standard InChI is InChI=1S/C13H21ClFNO5/c1-3-4-16(8-14)13(18)21-12-6-10(19-9(2)17)5-11(7-15)20-12/h10-12H,3-8H2,1-2H3. The largest absolute Gasteiger partial charge is 0.462 e. The van der Waals surface area contributed by atoms with Gasteiger partial charge in [-0.05, 0) is 6.42 Å². The molecule has 1 saturated heterocycles. The third kappa shape index (κ3) is 6.05. The second-order valence-electron chi connectivity index (χ2n) is 4.81. The van der Waals surface area contributed by atoms with Crippen LogP contribution in [0.2, 0.25) is 0 Å². The van der Waals surface area contributed by atoms with Gasteiger partial charge in [-0.15, -0.1) is 11.6 Å². The number of nitrogens with zero attached hydrogens (tertiary/aromatic N) is 1. The van der Waals surface area contributed by atoms with Crippen LogP contribution in [0.5, 0.6) is 0 Å². The fraction of sp³-hybridized carbons (Fsp3) is 0.846. The van der Waals surface area contributed by atoms with Crippen LogP contribution in [0.4, 0.5) is 9.18 Å². The minimum Gasteiger partial charge on any atom is -0.462 e. The van der Waals surface area contributed by atoms with Crippen molar-refractivity contribution in [3.05, 3.63) is 0 Å². The smallest absolute Gasteiger partial charge is 0.413 e. The SMILES string of the molecule is CCCN(CCl)C(=O)OC1CC(OC(C)=O)CC(CF)O1. The maximum absolute atomic E-state index is 12.8. The molecular formula is C13H21ClFNO5. The quantitative estimate of drug-likeness (QED) is 0.426. The summed E-state index contributed by atoms with van der Waals surface area (Å²) in [6.07, 6.45) is -1.68. The number of carbonyl (C=O) groups excluding carboxylic acids is 2. The maximum atomic E-state index is 12.8. The number of halogens is 2. The van der Waals surface area contributed by atoms with Crippen molar-refractivity contribution < 1.29 is 28.2 Å². The molecule has 21 heavy (non-hydrogen) atoms. The minimum absolute atomic E-state index is 0.000687. The number of hydrogen-bond acceptors (Lipinski definition) is 5. The lowest BCUT2D eigenvalue weighted by molar-refractivity contribution is -0.204. The molecule has 1 heterocycles. The zero-order chi connectivity index (χ0) is 15.8. The molecule has 3 unspecified atom stereocenters. The molecule has 0 saturated carbocycles. The lowest BCUT2D eigenvalue weighted by Gasteiger charge is -2.34. The van der Waals surface area contributed by atoms with Gasteiger partial charge in [-0.2, -0.15) is 0 Å². The Hall–Kier alpha value is -1.08. The van der Waals surface area contributed by atoms with Crippen LogP contribution in [0.15, 0.2) is 0 Å². The van der Waals surface area contributed by atoms with Crippen molar-refractivity contribution >= 4 is 23.7 Å². The Morgan fingerprint density at radius 1 is 1.38 bits per heavy atom. The van der Waals surface area contributed by atoms with E-state index in [1.807, 2.05) is 6.92 Å². The number of carbonyl (C=O) groups is 2. The molecule has 122 valence electrons. The van der Waals surface area contributed by atoms with Crippen molar-refractivity contribution in [1.29, 1.82) is 0 Å². The van der Waals surface area contributed by atoms with Crippen LogP contribution >= 0.6 is 11.6 Å². The predicted octanol–water partition coefficient (Wildman–Crippen LogP) is 2.44. The van der Waals surface area contributed by atoms with Crippen molar-refractivity contribution in [3.8, 4) is 0 Å². The molecule has 3 atom stereocenters. The third-order valence-electron chi connectivity index (χ3n) is 2.96. The van der Waals surface area contributed by atoms with Gasteiger partial charge in [0.25, 0.3) is 0 Å². The highest BCUT2D eigenvalue weighted by atomic mass is 35.5. The summed E-state index contributed by atoms with van der Waals surface area (Å²) < 4.78 is 28.3. The molecule has 6 nitrogen and oxygen atoms in total. The highest BCUT2D eigenvalue weighted by Crippen LogP contribution is 2.24. The van der Waals surface area contributed by atoms with Gasteiger partial charge in [0.1, 0.15) is 12.8 Å².